The zero-order chi connectivity index (χ0) is 11.5. The van der Waals surface area contributed by atoms with Crippen molar-refractivity contribution in [2.75, 3.05) is 0 Å². The first kappa shape index (κ1) is 11.3. The minimum Gasteiger partial charge on any atom is -0.308 e. The minimum absolute atomic E-state index is 0.734. The Morgan fingerprint density at radius 2 is 2.06 bits per heavy atom. The highest BCUT2D eigenvalue weighted by atomic mass is 15.1. The van der Waals surface area contributed by atoms with E-state index in [9.17, 15) is 0 Å². The molecule has 3 heteroatoms. The van der Waals surface area contributed by atoms with Crippen LogP contribution in [0.5, 0.6) is 0 Å². The van der Waals surface area contributed by atoms with E-state index in [0.717, 1.165) is 24.4 Å². The number of hydrogen-bond donors (Lipinski definition) is 2. The van der Waals surface area contributed by atoms with Crippen LogP contribution in [-0.2, 0) is 6.54 Å². The molecule has 0 bridgehead atoms. The first-order valence-electron chi connectivity index (χ1n) is 7.13. The van der Waals surface area contributed by atoms with Gasteiger partial charge >= 0.3 is 0 Å². The van der Waals surface area contributed by atoms with Gasteiger partial charge in [-0.25, -0.2) is 0 Å². The molecule has 3 atom stereocenters. The number of hydrogen-bond acceptors (Lipinski definition) is 2. The van der Waals surface area contributed by atoms with Crippen molar-refractivity contribution < 1.29 is 0 Å². The Hall–Kier alpha value is -0.830. The smallest absolute Gasteiger partial charge is 0.0490 e. The van der Waals surface area contributed by atoms with Crippen molar-refractivity contribution in [1.29, 1.82) is 0 Å². The number of fused-ring (bicyclic) bond motifs is 1. The van der Waals surface area contributed by atoms with Crippen molar-refractivity contribution in [1.82, 2.24) is 15.5 Å². The number of H-pyrrole nitrogens is 1. The second-order valence-electron chi connectivity index (χ2n) is 5.78. The predicted octanol–water partition coefficient (Wildman–Crippen LogP) is 2.86. The molecule has 0 saturated heterocycles. The standard InChI is InChI=1S/C14H23N3/c1-2-4-12-9-13(6-5-11(12)3-1)15-10-14-7-8-16-17-14/h7-8,11-13,15H,1-6,9-10H2,(H,16,17). The van der Waals surface area contributed by atoms with Crippen LogP contribution in [0.1, 0.15) is 50.6 Å². The maximum Gasteiger partial charge on any atom is 0.0490 e. The lowest BCUT2D eigenvalue weighted by atomic mass is 9.69. The van der Waals surface area contributed by atoms with E-state index in [2.05, 4.69) is 21.6 Å². The summed E-state index contributed by atoms with van der Waals surface area (Å²) in [7, 11) is 0. The second-order valence-corrected chi connectivity index (χ2v) is 5.78. The number of nitrogens with zero attached hydrogens (tertiary/aromatic N) is 1. The van der Waals surface area contributed by atoms with Gasteiger partial charge in [0.15, 0.2) is 0 Å². The summed E-state index contributed by atoms with van der Waals surface area (Å²) in [4.78, 5) is 0. The first-order valence-corrected chi connectivity index (χ1v) is 7.13. The first-order chi connectivity index (χ1) is 8.42. The van der Waals surface area contributed by atoms with Crippen LogP contribution in [0.25, 0.3) is 0 Å². The molecule has 2 aliphatic carbocycles. The Balaban J connectivity index is 1.48. The third-order valence-corrected chi connectivity index (χ3v) is 4.68. The summed E-state index contributed by atoms with van der Waals surface area (Å²) in [5, 5.41) is 10.7. The summed E-state index contributed by atoms with van der Waals surface area (Å²) in [5.41, 5.74) is 1.20. The zero-order valence-corrected chi connectivity index (χ0v) is 10.5. The van der Waals surface area contributed by atoms with Crippen molar-refractivity contribution in [3.63, 3.8) is 0 Å². The maximum atomic E-state index is 3.99. The average molecular weight is 233 g/mol. The van der Waals surface area contributed by atoms with Gasteiger partial charge in [0.25, 0.3) is 0 Å². The molecule has 0 aliphatic heterocycles. The molecule has 2 N–H and O–H groups in total. The number of rotatable bonds is 3. The van der Waals surface area contributed by atoms with Gasteiger partial charge in [-0.2, -0.15) is 5.10 Å². The molecule has 0 spiro atoms. The summed E-state index contributed by atoms with van der Waals surface area (Å²) in [5.74, 6) is 2.06. The van der Waals surface area contributed by atoms with Gasteiger partial charge in [-0.3, -0.25) is 5.10 Å². The second kappa shape index (κ2) is 5.21. The fraction of sp³-hybridized carbons (Fsp3) is 0.786. The third-order valence-electron chi connectivity index (χ3n) is 4.68. The predicted molar refractivity (Wildman–Crippen MR) is 68.5 cm³/mol. The van der Waals surface area contributed by atoms with Crippen LogP contribution in [0.3, 0.4) is 0 Å². The van der Waals surface area contributed by atoms with Gasteiger partial charge in [0.1, 0.15) is 0 Å². The summed E-state index contributed by atoms with van der Waals surface area (Å²) >= 11 is 0. The average Bonchev–Trinajstić information content (AvgIpc) is 2.89. The highest BCUT2D eigenvalue weighted by molar-refractivity contribution is 4.97. The van der Waals surface area contributed by atoms with Crippen molar-refractivity contribution >= 4 is 0 Å². The van der Waals surface area contributed by atoms with Crippen LogP contribution in [0.2, 0.25) is 0 Å². The monoisotopic (exact) mass is 233 g/mol. The molecule has 1 aromatic heterocycles. The Bertz CT molecular complexity index is 333. The third kappa shape index (κ3) is 2.71. The van der Waals surface area contributed by atoms with Crippen LogP contribution in [0.15, 0.2) is 12.3 Å². The summed E-state index contributed by atoms with van der Waals surface area (Å²) < 4.78 is 0. The fourth-order valence-electron chi connectivity index (χ4n) is 3.70. The fourth-order valence-corrected chi connectivity index (χ4v) is 3.70. The number of aromatic amines is 1. The van der Waals surface area contributed by atoms with E-state index < -0.39 is 0 Å². The zero-order valence-electron chi connectivity index (χ0n) is 10.5. The number of aromatic nitrogens is 2. The largest absolute Gasteiger partial charge is 0.308 e. The molecular weight excluding hydrogens is 210 g/mol. The van der Waals surface area contributed by atoms with E-state index >= 15 is 0 Å². The minimum atomic E-state index is 0.734. The van der Waals surface area contributed by atoms with Crippen LogP contribution >= 0.6 is 0 Å². The van der Waals surface area contributed by atoms with E-state index in [1.54, 1.807) is 0 Å². The number of nitrogens with one attached hydrogen (secondary N) is 2. The molecule has 0 aromatic carbocycles. The van der Waals surface area contributed by atoms with Crippen LogP contribution in [0.4, 0.5) is 0 Å². The van der Waals surface area contributed by atoms with Crippen molar-refractivity contribution in [3.05, 3.63) is 18.0 Å². The molecule has 0 amide bonds. The van der Waals surface area contributed by atoms with E-state index in [-0.39, 0.29) is 0 Å². The molecule has 3 nitrogen and oxygen atoms in total. The molecule has 2 aliphatic rings. The molecular formula is C14H23N3. The van der Waals surface area contributed by atoms with E-state index in [0.29, 0.717) is 0 Å². The van der Waals surface area contributed by atoms with Crippen LogP contribution in [0, 0.1) is 11.8 Å². The van der Waals surface area contributed by atoms with Gasteiger partial charge in [0, 0.05) is 24.5 Å². The maximum absolute atomic E-state index is 3.99. The van der Waals surface area contributed by atoms with Gasteiger partial charge < -0.3 is 5.32 Å². The van der Waals surface area contributed by atoms with E-state index in [4.69, 9.17) is 0 Å². The lowest BCUT2D eigenvalue weighted by Gasteiger charge is -2.39. The van der Waals surface area contributed by atoms with Crippen LogP contribution in [-0.4, -0.2) is 16.2 Å². The Labute approximate surface area is 103 Å². The Morgan fingerprint density at radius 1 is 1.18 bits per heavy atom. The lowest BCUT2D eigenvalue weighted by molar-refractivity contribution is 0.143. The van der Waals surface area contributed by atoms with Gasteiger partial charge in [-0.1, -0.05) is 25.7 Å². The summed E-state index contributed by atoms with van der Waals surface area (Å²) in [6.45, 7) is 0.946. The molecule has 1 aromatic rings. The quantitative estimate of drug-likeness (QED) is 0.843. The molecule has 94 valence electrons. The summed E-state index contributed by atoms with van der Waals surface area (Å²) in [6, 6.07) is 2.79. The van der Waals surface area contributed by atoms with Gasteiger partial charge in [0.2, 0.25) is 0 Å². The van der Waals surface area contributed by atoms with Crippen molar-refractivity contribution in [3.8, 4) is 0 Å². The van der Waals surface area contributed by atoms with Gasteiger partial charge in [0.05, 0.1) is 0 Å². The van der Waals surface area contributed by atoms with Gasteiger partial charge in [-0.15, -0.1) is 0 Å². The molecule has 3 rings (SSSR count). The molecule has 3 unspecified atom stereocenters. The van der Waals surface area contributed by atoms with Crippen molar-refractivity contribution in [2.24, 2.45) is 11.8 Å². The topological polar surface area (TPSA) is 40.7 Å². The van der Waals surface area contributed by atoms with E-state index in [1.807, 2.05) is 6.20 Å². The normalized spacial score (nSPS) is 33.3. The molecule has 1 heterocycles. The molecule has 2 fully saturated rings. The highest BCUT2D eigenvalue weighted by Crippen LogP contribution is 2.40. The molecule has 0 radical (unpaired) electrons. The SMILES string of the molecule is c1cc(CNC2CCC3CCCCC3C2)[nH]n1. The Morgan fingerprint density at radius 3 is 2.88 bits per heavy atom. The van der Waals surface area contributed by atoms with Crippen molar-refractivity contribution in [2.45, 2.75) is 57.5 Å². The highest BCUT2D eigenvalue weighted by Gasteiger charge is 2.31. The Kier molecular flexibility index (Phi) is 3.46. The van der Waals surface area contributed by atoms with Gasteiger partial charge in [-0.05, 0) is 37.2 Å². The summed E-state index contributed by atoms with van der Waals surface area (Å²) in [6.07, 6.45) is 12.0. The molecule has 2 saturated carbocycles. The van der Waals surface area contributed by atoms with Crippen LogP contribution < -0.4 is 5.32 Å². The molecule has 17 heavy (non-hydrogen) atoms. The lowest BCUT2D eigenvalue weighted by Crippen LogP contribution is -2.38. The van der Waals surface area contributed by atoms with E-state index in [1.165, 1.54) is 50.6 Å².